The first-order chi connectivity index (χ1) is 16.6. The highest BCUT2D eigenvalue weighted by atomic mass is 19.1. The maximum absolute atomic E-state index is 14.2. The first-order valence-corrected chi connectivity index (χ1v) is 11.1. The summed E-state index contributed by atoms with van der Waals surface area (Å²) in [6, 6.07) is 3.57. The second-order valence-corrected chi connectivity index (χ2v) is 8.37. The number of nitrogens with one attached hydrogen (secondary N) is 3. The third-order valence-electron chi connectivity index (χ3n) is 5.89. The Bertz CT molecular complexity index is 1250. The number of fused-ring (bicyclic) bond motifs is 1. The smallest absolute Gasteiger partial charge is 0.270 e. The van der Waals surface area contributed by atoms with E-state index in [1.54, 1.807) is 11.2 Å². The highest BCUT2D eigenvalue weighted by Crippen LogP contribution is 2.40. The molecular formula is C23H26FN7O3. The van der Waals surface area contributed by atoms with Crippen LogP contribution < -0.4 is 21.0 Å². The summed E-state index contributed by atoms with van der Waals surface area (Å²) in [5, 5.41) is 13.8. The number of ether oxygens (including phenoxy) is 1. The molecule has 0 radical (unpaired) electrons. The van der Waals surface area contributed by atoms with Crippen molar-refractivity contribution in [1.82, 2.24) is 35.7 Å². The van der Waals surface area contributed by atoms with Gasteiger partial charge in [0, 0.05) is 37.5 Å². The van der Waals surface area contributed by atoms with E-state index in [0.717, 1.165) is 16.9 Å². The Hall–Kier alpha value is -3.70. The number of nitrogens with zero attached hydrogens (tertiary/aromatic N) is 4. The monoisotopic (exact) mass is 467 g/mol. The average Bonchev–Trinajstić information content (AvgIpc) is 3.45. The molecule has 1 aliphatic carbocycles. The number of hydrogen-bond acceptors (Lipinski definition) is 8. The SMILES string of the molecule is COc1ccnc(CNC(=O)C2=CN(Cc3cn4cc(C5CC5)cc(CCO)c4n3)NN2)c1F. The lowest BCUT2D eigenvalue weighted by Crippen LogP contribution is -2.38. The third-order valence-corrected chi connectivity index (χ3v) is 5.89. The quantitative estimate of drug-likeness (QED) is 0.372. The van der Waals surface area contributed by atoms with Gasteiger partial charge in [0.1, 0.15) is 11.3 Å². The molecule has 1 fully saturated rings. The molecule has 3 aromatic heterocycles. The Balaban J connectivity index is 1.25. The third kappa shape index (κ3) is 4.52. The molecular weight excluding hydrogens is 441 g/mol. The lowest BCUT2D eigenvalue weighted by molar-refractivity contribution is -0.118. The minimum absolute atomic E-state index is 0.0694. The molecule has 178 valence electrons. The molecule has 34 heavy (non-hydrogen) atoms. The molecule has 3 aromatic rings. The fourth-order valence-electron chi connectivity index (χ4n) is 4.00. The number of aliphatic hydroxyl groups is 1. The van der Waals surface area contributed by atoms with Gasteiger partial charge < -0.3 is 19.6 Å². The summed E-state index contributed by atoms with van der Waals surface area (Å²) >= 11 is 0. The van der Waals surface area contributed by atoms with Crippen LogP contribution in [0.5, 0.6) is 5.75 Å². The van der Waals surface area contributed by atoms with E-state index in [-0.39, 0.29) is 30.3 Å². The van der Waals surface area contributed by atoms with Crippen LogP contribution in [0.2, 0.25) is 0 Å². The number of amides is 1. The van der Waals surface area contributed by atoms with Crippen molar-refractivity contribution in [3.05, 3.63) is 71.0 Å². The Kier molecular flexibility index (Phi) is 6.03. The van der Waals surface area contributed by atoms with Gasteiger partial charge in [0.25, 0.3) is 5.91 Å². The number of aliphatic hydroxyl groups excluding tert-OH is 1. The molecule has 1 amide bonds. The highest BCUT2D eigenvalue weighted by Gasteiger charge is 2.25. The number of hydrazine groups is 2. The number of rotatable bonds is 9. The van der Waals surface area contributed by atoms with Gasteiger partial charge in [-0.2, -0.15) is 0 Å². The number of methoxy groups -OCH3 is 1. The van der Waals surface area contributed by atoms with Crippen LogP contribution in [0.4, 0.5) is 4.39 Å². The van der Waals surface area contributed by atoms with Crippen LogP contribution in [0.25, 0.3) is 5.65 Å². The molecule has 0 bridgehead atoms. The molecule has 4 N–H and O–H groups in total. The lowest BCUT2D eigenvalue weighted by Gasteiger charge is -2.12. The van der Waals surface area contributed by atoms with Crippen LogP contribution in [0.1, 0.15) is 41.3 Å². The van der Waals surface area contributed by atoms with E-state index >= 15 is 0 Å². The summed E-state index contributed by atoms with van der Waals surface area (Å²) < 4.78 is 21.2. The first-order valence-electron chi connectivity index (χ1n) is 11.1. The largest absolute Gasteiger partial charge is 0.494 e. The summed E-state index contributed by atoms with van der Waals surface area (Å²) in [5.41, 5.74) is 10.0. The minimum Gasteiger partial charge on any atom is -0.494 e. The van der Waals surface area contributed by atoms with Gasteiger partial charge in [-0.25, -0.2) is 9.37 Å². The van der Waals surface area contributed by atoms with Crippen LogP contribution in [-0.2, 0) is 24.3 Å². The Morgan fingerprint density at radius 2 is 2.24 bits per heavy atom. The number of pyridine rings is 2. The van der Waals surface area contributed by atoms with Gasteiger partial charge in [-0.3, -0.25) is 20.2 Å². The van der Waals surface area contributed by atoms with Gasteiger partial charge in [0.15, 0.2) is 11.6 Å². The van der Waals surface area contributed by atoms with Gasteiger partial charge >= 0.3 is 0 Å². The van der Waals surface area contributed by atoms with Crippen LogP contribution in [0.15, 0.2) is 42.6 Å². The predicted octanol–water partition coefficient (Wildman–Crippen LogP) is 1.27. The van der Waals surface area contributed by atoms with Crippen molar-refractivity contribution in [3.63, 3.8) is 0 Å². The van der Waals surface area contributed by atoms with Crippen LogP contribution >= 0.6 is 0 Å². The van der Waals surface area contributed by atoms with Crippen molar-refractivity contribution in [2.75, 3.05) is 13.7 Å². The number of halogens is 1. The summed E-state index contributed by atoms with van der Waals surface area (Å²) in [7, 11) is 1.37. The fourth-order valence-corrected chi connectivity index (χ4v) is 4.00. The normalized spacial score (nSPS) is 15.4. The molecule has 10 nitrogen and oxygen atoms in total. The number of hydrogen-bond donors (Lipinski definition) is 4. The Morgan fingerprint density at radius 3 is 3.00 bits per heavy atom. The molecule has 2 aliphatic rings. The summed E-state index contributed by atoms with van der Waals surface area (Å²) in [4.78, 5) is 21.2. The molecule has 0 aromatic carbocycles. The van der Waals surface area contributed by atoms with E-state index in [1.165, 1.54) is 37.8 Å². The van der Waals surface area contributed by atoms with Crippen molar-refractivity contribution in [1.29, 1.82) is 0 Å². The average molecular weight is 468 g/mol. The van der Waals surface area contributed by atoms with E-state index < -0.39 is 11.7 Å². The summed E-state index contributed by atoms with van der Waals surface area (Å²) in [5.74, 6) is -0.338. The molecule has 1 aliphatic heterocycles. The van der Waals surface area contributed by atoms with Gasteiger partial charge in [-0.15, -0.1) is 5.53 Å². The fraction of sp³-hybridized carbons (Fsp3) is 0.348. The van der Waals surface area contributed by atoms with Crippen LogP contribution in [0.3, 0.4) is 0 Å². The topological polar surface area (TPSA) is 116 Å². The maximum atomic E-state index is 14.2. The maximum Gasteiger partial charge on any atom is 0.270 e. The molecule has 1 saturated carbocycles. The van der Waals surface area contributed by atoms with Crippen molar-refractivity contribution in [2.45, 2.75) is 38.3 Å². The standard InChI is InChI=1S/C23H26FN7O3/c1-34-20-4-6-25-18(21(20)24)9-26-23(33)19-13-31(29-28-19)12-17-11-30-10-16(14-2-3-14)8-15(5-7-32)22(30)27-17/h4,6,8,10-11,13-14,28-29,32H,2-3,5,7,9,12H2,1H3,(H,26,33). The van der Waals surface area contributed by atoms with E-state index in [4.69, 9.17) is 9.72 Å². The van der Waals surface area contributed by atoms with Gasteiger partial charge in [0.05, 0.1) is 31.6 Å². The zero-order valence-corrected chi connectivity index (χ0v) is 18.7. The minimum atomic E-state index is -0.601. The molecule has 0 spiro atoms. The van der Waals surface area contributed by atoms with Gasteiger partial charge in [0.2, 0.25) is 0 Å². The lowest BCUT2D eigenvalue weighted by atomic mass is 10.1. The summed E-state index contributed by atoms with van der Waals surface area (Å²) in [6.45, 7) is 0.402. The van der Waals surface area contributed by atoms with E-state index in [9.17, 15) is 14.3 Å². The highest BCUT2D eigenvalue weighted by molar-refractivity contribution is 5.92. The predicted molar refractivity (Wildman–Crippen MR) is 120 cm³/mol. The van der Waals surface area contributed by atoms with Crippen molar-refractivity contribution >= 4 is 11.6 Å². The first kappa shape index (κ1) is 22.1. The molecule has 0 atom stereocenters. The van der Waals surface area contributed by atoms with Crippen LogP contribution in [-0.4, -0.2) is 44.1 Å². The summed E-state index contributed by atoms with van der Waals surface area (Å²) in [6.07, 6.45) is 10.1. The van der Waals surface area contributed by atoms with E-state index in [1.807, 2.05) is 10.6 Å². The molecule has 11 heteroatoms. The molecule has 0 unspecified atom stereocenters. The Labute approximate surface area is 195 Å². The zero-order valence-electron chi connectivity index (χ0n) is 18.7. The van der Waals surface area contributed by atoms with E-state index in [0.29, 0.717) is 18.9 Å². The second kappa shape index (κ2) is 9.27. The number of aromatic nitrogens is 3. The molecule has 5 rings (SSSR count). The zero-order chi connectivity index (χ0) is 23.7. The van der Waals surface area contributed by atoms with Crippen LogP contribution in [0, 0.1) is 5.82 Å². The second-order valence-electron chi connectivity index (χ2n) is 8.37. The molecule has 0 saturated heterocycles. The van der Waals surface area contributed by atoms with Gasteiger partial charge in [-0.05, 0) is 36.3 Å². The van der Waals surface area contributed by atoms with Crippen molar-refractivity contribution in [3.8, 4) is 5.75 Å². The van der Waals surface area contributed by atoms with Crippen molar-refractivity contribution in [2.24, 2.45) is 0 Å². The van der Waals surface area contributed by atoms with Crippen molar-refractivity contribution < 1.29 is 19.0 Å². The van der Waals surface area contributed by atoms with E-state index in [2.05, 4.69) is 33.5 Å². The number of imidazole rings is 1. The number of carbonyl (C=O) groups excluding carboxylic acids is 1. The molecule has 4 heterocycles. The number of carbonyl (C=O) groups is 1. The van der Waals surface area contributed by atoms with Gasteiger partial charge in [-0.1, -0.05) is 6.07 Å². The Morgan fingerprint density at radius 1 is 1.38 bits per heavy atom.